The van der Waals surface area contributed by atoms with Crippen LogP contribution in [0, 0.1) is 6.92 Å². The van der Waals surface area contributed by atoms with E-state index in [2.05, 4.69) is 0 Å². The van der Waals surface area contributed by atoms with Crippen molar-refractivity contribution in [1.29, 1.82) is 0 Å². The van der Waals surface area contributed by atoms with Gasteiger partial charge >= 0.3 is 5.97 Å². The first-order valence-corrected chi connectivity index (χ1v) is 5.61. The Morgan fingerprint density at radius 1 is 1.41 bits per heavy atom. The maximum Gasteiger partial charge on any atom is 0.323 e. The number of carbonyl (C=O) groups is 2. The number of carboxylic acid groups (broad SMARTS) is 1. The fraction of sp³-hybridized carbons (Fsp3) is 0.333. The third-order valence-electron chi connectivity index (χ3n) is 2.42. The van der Waals surface area contributed by atoms with Crippen LogP contribution in [0.2, 0.25) is 5.02 Å². The Hall–Kier alpha value is -1.55. The summed E-state index contributed by atoms with van der Waals surface area (Å²) in [6, 6.07) is 5.12. The van der Waals surface area contributed by atoms with Crippen molar-refractivity contribution >= 4 is 23.5 Å². The first kappa shape index (κ1) is 13.5. The van der Waals surface area contributed by atoms with Crippen LogP contribution in [0.3, 0.4) is 0 Å². The molecule has 0 unspecified atom stereocenters. The predicted molar refractivity (Wildman–Crippen MR) is 65.4 cm³/mol. The molecule has 92 valence electrons. The van der Waals surface area contributed by atoms with Crippen molar-refractivity contribution in [3.63, 3.8) is 0 Å². The molecule has 4 nitrogen and oxygen atoms in total. The van der Waals surface area contributed by atoms with Gasteiger partial charge in [0.05, 0.1) is 10.6 Å². The number of nitrogens with zero attached hydrogens (tertiary/aromatic N) is 1. The van der Waals surface area contributed by atoms with Crippen molar-refractivity contribution in [3.8, 4) is 0 Å². The van der Waals surface area contributed by atoms with Gasteiger partial charge in [-0.25, -0.2) is 0 Å². The molecule has 0 saturated heterocycles. The number of aliphatic carboxylic acids is 1. The lowest BCUT2D eigenvalue weighted by Gasteiger charge is -2.19. The summed E-state index contributed by atoms with van der Waals surface area (Å²) in [5, 5.41) is 9.08. The van der Waals surface area contributed by atoms with Crippen molar-refractivity contribution in [2.75, 3.05) is 13.1 Å². The highest BCUT2D eigenvalue weighted by molar-refractivity contribution is 6.34. The number of carboxylic acids is 1. The maximum atomic E-state index is 12.1. The van der Waals surface area contributed by atoms with Gasteiger partial charge in [-0.1, -0.05) is 23.7 Å². The molecule has 1 aromatic carbocycles. The zero-order chi connectivity index (χ0) is 13.0. The van der Waals surface area contributed by atoms with Crippen molar-refractivity contribution in [2.24, 2.45) is 0 Å². The van der Waals surface area contributed by atoms with E-state index in [9.17, 15) is 9.59 Å². The zero-order valence-electron chi connectivity index (χ0n) is 9.74. The van der Waals surface area contributed by atoms with Crippen LogP contribution in [0.25, 0.3) is 0 Å². The average molecular weight is 256 g/mol. The molecule has 0 heterocycles. The molecule has 1 aromatic rings. The van der Waals surface area contributed by atoms with Crippen LogP contribution in [0.15, 0.2) is 18.2 Å². The molecular formula is C12H14ClNO3. The second-order valence-electron chi connectivity index (χ2n) is 3.65. The van der Waals surface area contributed by atoms with E-state index < -0.39 is 5.97 Å². The zero-order valence-corrected chi connectivity index (χ0v) is 10.5. The Morgan fingerprint density at radius 3 is 2.59 bits per heavy atom. The maximum absolute atomic E-state index is 12.1. The third-order valence-corrected chi connectivity index (χ3v) is 2.92. The molecule has 0 saturated carbocycles. The number of likely N-dealkylation sites (N-methyl/N-ethyl adjacent to an activating group) is 1. The van der Waals surface area contributed by atoms with E-state index in [1.807, 2.05) is 0 Å². The first-order valence-electron chi connectivity index (χ1n) is 5.23. The van der Waals surface area contributed by atoms with Crippen molar-refractivity contribution in [1.82, 2.24) is 4.90 Å². The van der Waals surface area contributed by atoms with Crippen LogP contribution in [0.1, 0.15) is 22.8 Å². The Kier molecular flexibility index (Phi) is 4.52. The molecule has 17 heavy (non-hydrogen) atoms. The number of rotatable bonds is 4. The van der Waals surface area contributed by atoms with Gasteiger partial charge in [0.1, 0.15) is 6.54 Å². The molecule has 0 aliphatic heterocycles. The Bertz CT molecular complexity index is 445. The van der Waals surface area contributed by atoms with Crippen molar-refractivity contribution < 1.29 is 14.7 Å². The standard InChI is InChI=1S/C12H14ClNO3/c1-3-14(7-10(15)16)12(17)9-6-4-5-8(2)11(9)13/h4-6H,3,7H2,1-2H3,(H,15,16). The van der Waals surface area contributed by atoms with Gasteiger partial charge in [0.25, 0.3) is 5.91 Å². The summed E-state index contributed by atoms with van der Waals surface area (Å²) in [6.07, 6.45) is 0. The lowest BCUT2D eigenvalue weighted by Crippen LogP contribution is -2.35. The van der Waals surface area contributed by atoms with Crippen LogP contribution >= 0.6 is 11.6 Å². The number of benzene rings is 1. The number of aryl methyl sites for hydroxylation is 1. The Labute approximate surface area is 105 Å². The minimum atomic E-state index is -1.04. The third kappa shape index (κ3) is 3.20. The molecule has 1 N–H and O–H groups in total. The largest absolute Gasteiger partial charge is 0.480 e. The molecule has 5 heteroatoms. The topological polar surface area (TPSA) is 57.6 Å². The fourth-order valence-corrected chi connectivity index (χ4v) is 1.68. The molecule has 1 amide bonds. The van der Waals surface area contributed by atoms with Crippen LogP contribution in [0.5, 0.6) is 0 Å². The molecular weight excluding hydrogens is 242 g/mol. The number of hydrogen-bond donors (Lipinski definition) is 1. The van der Waals surface area contributed by atoms with Gasteiger partial charge in [-0.2, -0.15) is 0 Å². The van der Waals surface area contributed by atoms with Crippen molar-refractivity contribution in [2.45, 2.75) is 13.8 Å². The van der Waals surface area contributed by atoms with E-state index in [0.29, 0.717) is 17.1 Å². The van der Waals surface area contributed by atoms with Gasteiger partial charge in [-0.15, -0.1) is 0 Å². The number of halogens is 1. The smallest absolute Gasteiger partial charge is 0.323 e. The highest BCUT2D eigenvalue weighted by atomic mass is 35.5. The lowest BCUT2D eigenvalue weighted by atomic mass is 10.1. The Balaban J connectivity index is 3.02. The van der Waals surface area contributed by atoms with E-state index in [0.717, 1.165) is 5.56 Å². The molecule has 0 aliphatic rings. The molecule has 0 bridgehead atoms. The monoisotopic (exact) mass is 255 g/mol. The second kappa shape index (κ2) is 5.68. The molecule has 0 spiro atoms. The van der Waals surface area contributed by atoms with Gasteiger partial charge in [-0.05, 0) is 25.5 Å². The summed E-state index contributed by atoms with van der Waals surface area (Å²) in [4.78, 5) is 23.9. The summed E-state index contributed by atoms with van der Waals surface area (Å²) >= 11 is 6.03. The SMILES string of the molecule is CCN(CC(=O)O)C(=O)c1cccc(C)c1Cl. The number of carbonyl (C=O) groups excluding carboxylic acids is 1. The van der Waals surface area contributed by atoms with Crippen LogP contribution in [0.4, 0.5) is 0 Å². The van der Waals surface area contributed by atoms with Crippen LogP contribution < -0.4 is 0 Å². The van der Waals surface area contributed by atoms with E-state index in [-0.39, 0.29) is 12.5 Å². The Morgan fingerprint density at radius 2 is 2.06 bits per heavy atom. The van der Waals surface area contributed by atoms with Gasteiger partial charge < -0.3 is 10.0 Å². The van der Waals surface area contributed by atoms with Crippen LogP contribution in [-0.2, 0) is 4.79 Å². The minimum absolute atomic E-state index is 0.320. The number of hydrogen-bond acceptors (Lipinski definition) is 2. The van der Waals surface area contributed by atoms with Crippen molar-refractivity contribution in [3.05, 3.63) is 34.3 Å². The van der Waals surface area contributed by atoms with E-state index in [1.165, 1.54) is 4.90 Å². The number of amides is 1. The molecule has 0 aliphatic carbocycles. The molecule has 0 atom stereocenters. The molecule has 0 fully saturated rings. The summed E-state index contributed by atoms with van der Waals surface area (Å²) in [6.45, 7) is 3.53. The second-order valence-corrected chi connectivity index (χ2v) is 4.03. The normalized spacial score (nSPS) is 10.1. The summed E-state index contributed by atoms with van der Waals surface area (Å²) < 4.78 is 0. The van der Waals surface area contributed by atoms with E-state index >= 15 is 0 Å². The van der Waals surface area contributed by atoms with E-state index in [4.69, 9.17) is 16.7 Å². The van der Waals surface area contributed by atoms with E-state index in [1.54, 1.807) is 32.0 Å². The molecule has 0 aromatic heterocycles. The van der Waals surface area contributed by atoms with Gasteiger partial charge in [-0.3, -0.25) is 9.59 Å². The first-order chi connectivity index (χ1) is 7.97. The minimum Gasteiger partial charge on any atom is -0.480 e. The fourth-order valence-electron chi connectivity index (χ4n) is 1.47. The predicted octanol–water partition coefficient (Wildman–Crippen LogP) is 2.20. The van der Waals surface area contributed by atoms with Crippen LogP contribution in [-0.4, -0.2) is 35.0 Å². The summed E-state index contributed by atoms with van der Waals surface area (Å²) in [5.41, 5.74) is 1.14. The quantitative estimate of drug-likeness (QED) is 0.897. The van der Waals surface area contributed by atoms with Gasteiger partial charge in [0.2, 0.25) is 0 Å². The van der Waals surface area contributed by atoms with Gasteiger partial charge in [0, 0.05) is 6.54 Å². The summed E-state index contributed by atoms with van der Waals surface area (Å²) in [5.74, 6) is -1.40. The molecule has 0 radical (unpaired) electrons. The average Bonchev–Trinajstić information content (AvgIpc) is 2.28. The molecule has 1 rings (SSSR count). The highest BCUT2D eigenvalue weighted by Crippen LogP contribution is 2.21. The lowest BCUT2D eigenvalue weighted by molar-refractivity contribution is -0.137. The summed E-state index contributed by atoms with van der Waals surface area (Å²) in [7, 11) is 0. The highest BCUT2D eigenvalue weighted by Gasteiger charge is 2.19. The van der Waals surface area contributed by atoms with Gasteiger partial charge in [0.15, 0.2) is 0 Å².